The van der Waals surface area contributed by atoms with E-state index in [1.54, 1.807) is 13.2 Å². The third-order valence-electron chi connectivity index (χ3n) is 5.13. The zero-order chi connectivity index (χ0) is 19.4. The molecule has 1 aliphatic rings. The molecule has 1 fully saturated rings. The number of methoxy groups -OCH3 is 1. The lowest BCUT2D eigenvalue weighted by atomic mass is 9.95. The summed E-state index contributed by atoms with van der Waals surface area (Å²) in [7, 11) is 3.61. The molecule has 1 aliphatic heterocycles. The molecular weight excluding hydrogens is 346 g/mol. The van der Waals surface area contributed by atoms with Crippen molar-refractivity contribution in [2.24, 2.45) is 7.05 Å². The molecule has 0 saturated carbocycles. The molecule has 1 N–H and O–H groups in total. The number of para-hydroxylation sites is 1. The van der Waals surface area contributed by atoms with Gasteiger partial charge in [0.2, 0.25) is 0 Å². The smallest absolute Gasteiger partial charge is 0.344 e. The van der Waals surface area contributed by atoms with Gasteiger partial charge in [0, 0.05) is 37.5 Å². The Morgan fingerprint density at radius 2 is 2.11 bits per heavy atom. The fourth-order valence-electron chi connectivity index (χ4n) is 3.57. The van der Waals surface area contributed by atoms with Crippen LogP contribution in [0.3, 0.4) is 0 Å². The van der Waals surface area contributed by atoms with E-state index in [1.807, 2.05) is 31.6 Å². The molecule has 2 aromatic rings. The predicted octanol–water partition coefficient (Wildman–Crippen LogP) is 2.66. The number of carboxylic acids is 1. The summed E-state index contributed by atoms with van der Waals surface area (Å²) in [6, 6.07) is 5.67. The largest absolute Gasteiger partial charge is 0.493 e. The molecule has 0 bridgehead atoms. The number of aryl methyl sites for hydroxylation is 1. The van der Waals surface area contributed by atoms with Crippen molar-refractivity contribution < 1.29 is 19.4 Å². The molecule has 0 spiro atoms. The zero-order valence-corrected chi connectivity index (χ0v) is 16.1. The normalized spacial score (nSPS) is 16.9. The summed E-state index contributed by atoms with van der Waals surface area (Å²) < 4.78 is 13.2. The number of aromatic nitrogens is 2. The van der Waals surface area contributed by atoms with Gasteiger partial charge in [-0.05, 0) is 38.9 Å². The van der Waals surface area contributed by atoms with Gasteiger partial charge in [-0.3, -0.25) is 4.90 Å². The van der Waals surface area contributed by atoms with Crippen LogP contribution >= 0.6 is 0 Å². The first-order valence-electron chi connectivity index (χ1n) is 9.24. The number of hydrogen-bond acceptors (Lipinski definition) is 5. The summed E-state index contributed by atoms with van der Waals surface area (Å²) in [4.78, 5) is 18.1. The number of rotatable bonds is 7. The number of hydrogen-bond donors (Lipinski definition) is 1. The van der Waals surface area contributed by atoms with Gasteiger partial charge < -0.3 is 19.1 Å². The predicted molar refractivity (Wildman–Crippen MR) is 101 cm³/mol. The third kappa shape index (κ3) is 4.42. The lowest BCUT2D eigenvalue weighted by Crippen LogP contribution is -2.33. The van der Waals surface area contributed by atoms with E-state index in [0.717, 1.165) is 37.3 Å². The van der Waals surface area contributed by atoms with Crippen LogP contribution in [0.4, 0.5) is 0 Å². The van der Waals surface area contributed by atoms with Crippen molar-refractivity contribution in [3.63, 3.8) is 0 Å². The summed E-state index contributed by atoms with van der Waals surface area (Å²) in [6.07, 6.45) is 5.01. The maximum Gasteiger partial charge on any atom is 0.344 e. The molecule has 0 aliphatic carbocycles. The van der Waals surface area contributed by atoms with Crippen molar-refractivity contribution in [3.05, 3.63) is 42.0 Å². The van der Waals surface area contributed by atoms with Gasteiger partial charge in [-0.1, -0.05) is 12.1 Å². The molecule has 1 aromatic carbocycles. The average Bonchev–Trinajstić information content (AvgIpc) is 3.09. The Balaban J connectivity index is 1.69. The first-order valence-corrected chi connectivity index (χ1v) is 9.24. The Morgan fingerprint density at radius 1 is 1.37 bits per heavy atom. The molecule has 1 aromatic heterocycles. The van der Waals surface area contributed by atoms with E-state index in [0.29, 0.717) is 24.0 Å². The lowest BCUT2D eigenvalue weighted by molar-refractivity contribution is -0.144. The molecule has 7 nitrogen and oxygen atoms in total. The fraction of sp³-hybridized carbons (Fsp3) is 0.500. The first kappa shape index (κ1) is 19.2. The molecule has 0 radical (unpaired) electrons. The van der Waals surface area contributed by atoms with Crippen molar-refractivity contribution in [1.29, 1.82) is 0 Å². The van der Waals surface area contributed by atoms with E-state index in [2.05, 4.69) is 14.5 Å². The second-order valence-corrected chi connectivity index (χ2v) is 6.99. The number of piperidine rings is 1. The van der Waals surface area contributed by atoms with Gasteiger partial charge in [0.25, 0.3) is 0 Å². The number of carbonyl (C=O) groups is 1. The van der Waals surface area contributed by atoms with Crippen molar-refractivity contribution in [3.8, 4) is 11.5 Å². The van der Waals surface area contributed by atoms with E-state index in [9.17, 15) is 9.90 Å². The van der Waals surface area contributed by atoms with Crippen LogP contribution in [0.1, 0.15) is 37.1 Å². The van der Waals surface area contributed by atoms with Crippen LogP contribution in [0.5, 0.6) is 11.5 Å². The summed E-state index contributed by atoms with van der Waals surface area (Å²) in [6.45, 7) is 4.15. The van der Waals surface area contributed by atoms with Gasteiger partial charge >= 0.3 is 5.97 Å². The minimum atomic E-state index is -0.997. The molecule has 2 heterocycles. The zero-order valence-electron chi connectivity index (χ0n) is 16.1. The molecule has 1 saturated heterocycles. The fourth-order valence-corrected chi connectivity index (χ4v) is 3.57. The van der Waals surface area contributed by atoms with E-state index in [4.69, 9.17) is 9.47 Å². The number of ether oxygens (including phenoxy) is 2. The maximum absolute atomic E-state index is 11.2. The molecule has 1 unspecified atom stereocenters. The molecule has 27 heavy (non-hydrogen) atoms. The van der Waals surface area contributed by atoms with Crippen LogP contribution in [0, 0.1) is 0 Å². The SMILES string of the molecule is COc1cccc(CN2CCC(c3nccn3C)CC2)c1OC(C)C(=O)O. The minimum Gasteiger partial charge on any atom is -0.493 e. The molecule has 7 heteroatoms. The number of nitrogens with zero attached hydrogens (tertiary/aromatic N) is 3. The Hall–Kier alpha value is -2.54. The van der Waals surface area contributed by atoms with Crippen molar-refractivity contribution in [1.82, 2.24) is 14.5 Å². The Morgan fingerprint density at radius 3 is 2.70 bits per heavy atom. The summed E-state index contributed by atoms with van der Waals surface area (Å²) in [5, 5.41) is 9.18. The quantitative estimate of drug-likeness (QED) is 0.804. The van der Waals surface area contributed by atoms with Crippen molar-refractivity contribution in [2.75, 3.05) is 20.2 Å². The van der Waals surface area contributed by atoms with Crippen LogP contribution in [0.15, 0.2) is 30.6 Å². The highest BCUT2D eigenvalue weighted by atomic mass is 16.5. The van der Waals surface area contributed by atoms with E-state index in [-0.39, 0.29) is 0 Å². The maximum atomic E-state index is 11.2. The Bertz CT molecular complexity index is 781. The highest BCUT2D eigenvalue weighted by molar-refractivity contribution is 5.72. The van der Waals surface area contributed by atoms with E-state index in [1.165, 1.54) is 6.92 Å². The topological polar surface area (TPSA) is 76.8 Å². The van der Waals surface area contributed by atoms with Crippen molar-refractivity contribution >= 4 is 5.97 Å². The highest BCUT2D eigenvalue weighted by Gasteiger charge is 2.25. The first-order chi connectivity index (χ1) is 13.0. The van der Waals surface area contributed by atoms with Gasteiger partial charge in [0.05, 0.1) is 7.11 Å². The van der Waals surface area contributed by atoms with Crippen LogP contribution in [-0.2, 0) is 18.4 Å². The van der Waals surface area contributed by atoms with Gasteiger partial charge in [-0.25, -0.2) is 9.78 Å². The second-order valence-electron chi connectivity index (χ2n) is 6.99. The molecule has 146 valence electrons. The highest BCUT2D eigenvalue weighted by Crippen LogP contribution is 2.34. The molecule has 3 rings (SSSR count). The summed E-state index contributed by atoms with van der Waals surface area (Å²) in [5.41, 5.74) is 0.942. The van der Waals surface area contributed by atoms with Crippen LogP contribution in [0.25, 0.3) is 0 Å². The van der Waals surface area contributed by atoms with Gasteiger partial charge in [0.15, 0.2) is 17.6 Å². The number of imidazole rings is 1. The monoisotopic (exact) mass is 373 g/mol. The Labute approximate surface area is 159 Å². The van der Waals surface area contributed by atoms with Gasteiger partial charge in [-0.2, -0.15) is 0 Å². The number of benzene rings is 1. The van der Waals surface area contributed by atoms with E-state index < -0.39 is 12.1 Å². The van der Waals surface area contributed by atoms with Gasteiger partial charge in [0.1, 0.15) is 5.82 Å². The second kappa shape index (κ2) is 8.43. The standard InChI is InChI=1S/C20H27N3O4/c1-14(20(24)25)27-18-16(5-4-6-17(18)26-3)13-23-10-7-15(8-11-23)19-21-9-12-22(19)2/h4-6,9,12,14-15H,7-8,10-11,13H2,1-3H3,(H,24,25). The van der Waals surface area contributed by atoms with E-state index >= 15 is 0 Å². The Kier molecular flexibility index (Phi) is 6.01. The molecule has 0 amide bonds. The molecule has 1 atom stereocenters. The molecular formula is C20H27N3O4. The third-order valence-corrected chi connectivity index (χ3v) is 5.13. The number of carboxylic acid groups (broad SMARTS) is 1. The van der Waals surface area contributed by atoms with Crippen LogP contribution in [0.2, 0.25) is 0 Å². The van der Waals surface area contributed by atoms with Crippen LogP contribution in [-0.4, -0.2) is 51.8 Å². The number of aliphatic carboxylic acids is 1. The average molecular weight is 373 g/mol. The lowest BCUT2D eigenvalue weighted by Gasteiger charge is -2.32. The van der Waals surface area contributed by atoms with Crippen molar-refractivity contribution in [2.45, 2.75) is 38.3 Å². The minimum absolute atomic E-state index is 0.481. The van der Waals surface area contributed by atoms with Crippen LogP contribution < -0.4 is 9.47 Å². The summed E-state index contributed by atoms with van der Waals surface area (Å²) >= 11 is 0. The van der Waals surface area contributed by atoms with Gasteiger partial charge in [-0.15, -0.1) is 0 Å². The summed E-state index contributed by atoms with van der Waals surface area (Å²) in [5.74, 6) is 1.71. The number of likely N-dealkylation sites (tertiary alicyclic amines) is 1.